The van der Waals surface area contributed by atoms with E-state index in [0.29, 0.717) is 18.5 Å². The van der Waals surface area contributed by atoms with Gasteiger partial charge in [-0.15, -0.1) is 0 Å². The van der Waals surface area contributed by atoms with Crippen LogP contribution in [0.1, 0.15) is 37.8 Å². The first-order valence-corrected chi connectivity index (χ1v) is 5.99. The first-order valence-electron chi connectivity index (χ1n) is 5.99. The molecule has 0 fully saturated rings. The summed E-state index contributed by atoms with van der Waals surface area (Å²) in [6.45, 7) is 2.29. The fourth-order valence-electron chi connectivity index (χ4n) is 1.61. The topological polar surface area (TPSA) is 55.1 Å². The summed E-state index contributed by atoms with van der Waals surface area (Å²) < 4.78 is 25.8. The lowest BCUT2D eigenvalue weighted by molar-refractivity contribution is -0.121. The average Bonchev–Trinajstić information content (AvgIpc) is 2.33. The van der Waals surface area contributed by atoms with Crippen molar-refractivity contribution in [1.29, 1.82) is 0 Å². The Morgan fingerprint density at radius 2 is 2.06 bits per heavy atom. The molecule has 0 heterocycles. The quantitative estimate of drug-likeness (QED) is 0.767. The molecule has 18 heavy (non-hydrogen) atoms. The molecule has 100 valence electrons. The monoisotopic (exact) mass is 256 g/mol. The molecule has 0 radical (unpaired) electrons. The van der Waals surface area contributed by atoms with E-state index in [9.17, 15) is 13.6 Å². The highest BCUT2D eigenvalue weighted by atomic mass is 19.2. The third-order valence-electron chi connectivity index (χ3n) is 2.68. The second-order valence-corrected chi connectivity index (χ2v) is 4.21. The summed E-state index contributed by atoms with van der Waals surface area (Å²) in [4.78, 5) is 11.5. The number of nitrogens with two attached hydrogens (primary N) is 1. The minimum absolute atomic E-state index is 0.110. The third kappa shape index (κ3) is 4.41. The van der Waals surface area contributed by atoms with Crippen LogP contribution in [0, 0.1) is 11.6 Å². The lowest BCUT2D eigenvalue weighted by Crippen LogP contribution is -2.26. The van der Waals surface area contributed by atoms with Crippen LogP contribution in [0.25, 0.3) is 0 Å². The van der Waals surface area contributed by atoms with Crippen LogP contribution in [-0.2, 0) is 4.79 Å². The van der Waals surface area contributed by atoms with Gasteiger partial charge in [0, 0.05) is 6.42 Å². The standard InChI is InChI=1S/C13H18F2N2O/c1-9(17-13(18)4-2-3-7-16)10-5-6-11(14)12(15)8-10/h5-6,8-9H,2-4,7,16H2,1H3,(H,17,18). The maximum atomic E-state index is 13.0. The number of benzene rings is 1. The first kappa shape index (κ1) is 14.6. The van der Waals surface area contributed by atoms with Crippen molar-refractivity contribution in [3.8, 4) is 0 Å². The molecule has 0 saturated carbocycles. The van der Waals surface area contributed by atoms with Gasteiger partial charge in [0.15, 0.2) is 11.6 Å². The smallest absolute Gasteiger partial charge is 0.220 e. The molecule has 0 bridgehead atoms. The minimum Gasteiger partial charge on any atom is -0.350 e. The van der Waals surface area contributed by atoms with E-state index in [1.165, 1.54) is 6.07 Å². The van der Waals surface area contributed by atoms with E-state index in [0.717, 1.165) is 25.0 Å². The van der Waals surface area contributed by atoms with Crippen molar-refractivity contribution < 1.29 is 13.6 Å². The fraction of sp³-hybridized carbons (Fsp3) is 0.462. The van der Waals surface area contributed by atoms with E-state index in [1.807, 2.05) is 0 Å². The Labute approximate surface area is 105 Å². The van der Waals surface area contributed by atoms with Crippen LogP contribution in [0.2, 0.25) is 0 Å². The van der Waals surface area contributed by atoms with Crippen molar-refractivity contribution in [2.24, 2.45) is 5.73 Å². The van der Waals surface area contributed by atoms with Gasteiger partial charge in [0.25, 0.3) is 0 Å². The van der Waals surface area contributed by atoms with E-state index in [-0.39, 0.29) is 11.9 Å². The maximum absolute atomic E-state index is 13.0. The molecule has 0 aromatic heterocycles. The average molecular weight is 256 g/mol. The van der Waals surface area contributed by atoms with Gasteiger partial charge in [-0.2, -0.15) is 0 Å². The predicted molar refractivity (Wildman–Crippen MR) is 65.8 cm³/mol. The van der Waals surface area contributed by atoms with Gasteiger partial charge in [-0.25, -0.2) is 8.78 Å². The van der Waals surface area contributed by atoms with Gasteiger partial charge < -0.3 is 11.1 Å². The van der Waals surface area contributed by atoms with E-state index in [1.54, 1.807) is 6.92 Å². The molecule has 5 heteroatoms. The van der Waals surface area contributed by atoms with Crippen LogP contribution in [0.15, 0.2) is 18.2 Å². The number of carbonyl (C=O) groups is 1. The number of halogens is 2. The van der Waals surface area contributed by atoms with Gasteiger partial charge in [0.05, 0.1) is 6.04 Å². The summed E-state index contributed by atoms with van der Waals surface area (Å²) in [5, 5.41) is 2.73. The molecule has 3 N–H and O–H groups in total. The van der Waals surface area contributed by atoms with Crippen LogP contribution in [0.5, 0.6) is 0 Å². The molecule has 1 atom stereocenters. The number of amides is 1. The normalized spacial score (nSPS) is 12.2. The highest BCUT2D eigenvalue weighted by Gasteiger charge is 2.11. The second kappa shape index (κ2) is 7.06. The summed E-state index contributed by atoms with van der Waals surface area (Å²) in [6, 6.07) is 3.27. The van der Waals surface area contributed by atoms with Gasteiger partial charge in [0.1, 0.15) is 0 Å². The molecule has 1 rings (SSSR count). The summed E-state index contributed by atoms with van der Waals surface area (Å²) in [5.74, 6) is -1.90. The molecular formula is C13H18F2N2O. The number of unbranched alkanes of at least 4 members (excludes halogenated alkanes) is 1. The predicted octanol–water partition coefficient (Wildman–Crippen LogP) is 2.27. The molecule has 0 aliphatic heterocycles. The summed E-state index contributed by atoms with van der Waals surface area (Å²) >= 11 is 0. The SMILES string of the molecule is CC(NC(=O)CCCCN)c1ccc(F)c(F)c1. The van der Waals surface area contributed by atoms with Gasteiger partial charge in [-0.05, 0) is 44.0 Å². The Balaban J connectivity index is 2.51. The van der Waals surface area contributed by atoms with Crippen molar-refractivity contribution in [3.05, 3.63) is 35.4 Å². The Bertz CT molecular complexity index is 410. The lowest BCUT2D eigenvalue weighted by atomic mass is 10.1. The van der Waals surface area contributed by atoms with Gasteiger partial charge >= 0.3 is 0 Å². The van der Waals surface area contributed by atoms with Crippen LogP contribution >= 0.6 is 0 Å². The Kier molecular flexibility index (Phi) is 5.71. The largest absolute Gasteiger partial charge is 0.350 e. The molecule has 3 nitrogen and oxygen atoms in total. The zero-order valence-electron chi connectivity index (χ0n) is 10.4. The Morgan fingerprint density at radius 1 is 1.33 bits per heavy atom. The molecule has 0 aliphatic rings. The maximum Gasteiger partial charge on any atom is 0.220 e. The van der Waals surface area contributed by atoms with Crippen molar-refractivity contribution >= 4 is 5.91 Å². The fourth-order valence-corrected chi connectivity index (χ4v) is 1.61. The molecule has 0 aliphatic carbocycles. The molecule has 0 saturated heterocycles. The zero-order valence-corrected chi connectivity index (χ0v) is 10.4. The molecule has 1 aromatic rings. The van der Waals surface area contributed by atoms with Crippen molar-refractivity contribution in [2.75, 3.05) is 6.54 Å². The van der Waals surface area contributed by atoms with Crippen LogP contribution in [-0.4, -0.2) is 12.5 Å². The van der Waals surface area contributed by atoms with Crippen LogP contribution < -0.4 is 11.1 Å². The van der Waals surface area contributed by atoms with Gasteiger partial charge in [0.2, 0.25) is 5.91 Å². The van der Waals surface area contributed by atoms with Gasteiger partial charge in [-0.3, -0.25) is 4.79 Å². The van der Waals surface area contributed by atoms with Crippen molar-refractivity contribution in [1.82, 2.24) is 5.32 Å². The first-order chi connectivity index (χ1) is 8.54. The van der Waals surface area contributed by atoms with Crippen molar-refractivity contribution in [3.63, 3.8) is 0 Å². The van der Waals surface area contributed by atoms with E-state index < -0.39 is 11.6 Å². The molecular weight excluding hydrogens is 238 g/mol. The number of hydrogen-bond donors (Lipinski definition) is 2. The van der Waals surface area contributed by atoms with E-state index in [4.69, 9.17) is 5.73 Å². The highest BCUT2D eigenvalue weighted by Crippen LogP contribution is 2.16. The number of nitrogens with one attached hydrogen (secondary N) is 1. The van der Waals surface area contributed by atoms with Crippen LogP contribution in [0.4, 0.5) is 8.78 Å². The van der Waals surface area contributed by atoms with Crippen LogP contribution in [0.3, 0.4) is 0 Å². The molecule has 1 unspecified atom stereocenters. The third-order valence-corrected chi connectivity index (χ3v) is 2.68. The summed E-state index contributed by atoms with van der Waals surface area (Å²) in [5.41, 5.74) is 5.87. The highest BCUT2D eigenvalue weighted by molar-refractivity contribution is 5.76. The number of carbonyl (C=O) groups excluding carboxylic acids is 1. The Hall–Kier alpha value is -1.49. The van der Waals surface area contributed by atoms with E-state index in [2.05, 4.69) is 5.32 Å². The number of hydrogen-bond acceptors (Lipinski definition) is 2. The van der Waals surface area contributed by atoms with E-state index >= 15 is 0 Å². The molecule has 1 aromatic carbocycles. The summed E-state index contributed by atoms with van der Waals surface area (Å²) in [7, 11) is 0. The lowest BCUT2D eigenvalue weighted by Gasteiger charge is -2.14. The Morgan fingerprint density at radius 3 is 2.67 bits per heavy atom. The van der Waals surface area contributed by atoms with Crippen molar-refractivity contribution in [2.45, 2.75) is 32.2 Å². The van der Waals surface area contributed by atoms with Gasteiger partial charge in [-0.1, -0.05) is 6.07 Å². The summed E-state index contributed by atoms with van der Waals surface area (Å²) in [6.07, 6.45) is 1.92. The second-order valence-electron chi connectivity index (χ2n) is 4.21. The molecule has 0 spiro atoms. The minimum atomic E-state index is -0.906. The zero-order chi connectivity index (χ0) is 13.5. The molecule has 1 amide bonds. The number of rotatable bonds is 6.